The zero-order valence-electron chi connectivity index (χ0n) is 10.3. The molecule has 0 bridgehead atoms. The molecule has 0 amide bonds. The van der Waals surface area contributed by atoms with E-state index in [9.17, 15) is 4.79 Å². The van der Waals surface area contributed by atoms with Gasteiger partial charge in [-0.15, -0.1) is 0 Å². The number of hydrogen-bond acceptors (Lipinski definition) is 4. The van der Waals surface area contributed by atoms with Crippen molar-refractivity contribution in [2.45, 2.75) is 13.8 Å². The summed E-state index contributed by atoms with van der Waals surface area (Å²) >= 11 is 0. The molecule has 0 unspecified atom stereocenters. The van der Waals surface area contributed by atoms with Crippen LogP contribution >= 0.6 is 0 Å². The van der Waals surface area contributed by atoms with Crippen LogP contribution in [0, 0.1) is 13.8 Å². The molecular formula is C13H14N4O. The molecule has 0 saturated heterocycles. The van der Waals surface area contributed by atoms with Crippen LogP contribution in [0.3, 0.4) is 0 Å². The molecule has 0 fully saturated rings. The van der Waals surface area contributed by atoms with Gasteiger partial charge in [0.15, 0.2) is 0 Å². The summed E-state index contributed by atoms with van der Waals surface area (Å²) in [6.45, 7) is 3.53. The third-order valence-electron chi connectivity index (χ3n) is 2.43. The Kier molecular flexibility index (Phi) is 3.52. The second kappa shape index (κ2) is 5.27. The van der Waals surface area contributed by atoms with Crippen LogP contribution in [-0.2, 0) is 0 Å². The largest absolute Gasteiger partial charge is 0.310 e. The molecule has 2 aromatic rings. The van der Waals surface area contributed by atoms with Gasteiger partial charge >= 0.3 is 0 Å². The minimum atomic E-state index is -0.182. The van der Waals surface area contributed by atoms with E-state index in [-0.39, 0.29) is 5.56 Å². The molecule has 0 spiro atoms. The Morgan fingerprint density at radius 1 is 1.28 bits per heavy atom. The fourth-order valence-corrected chi connectivity index (χ4v) is 1.57. The molecule has 0 radical (unpaired) electrons. The fourth-order valence-electron chi connectivity index (χ4n) is 1.57. The van der Waals surface area contributed by atoms with Crippen LogP contribution in [0.25, 0.3) is 0 Å². The van der Waals surface area contributed by atoms with E-state index in [0.29, 0.717) is 17.1 Å². The van der Waals surface area contributed by atoms with Crippen LogP contribution in [0.15, 0.2) is 40.2 Å². The summed E-state index contributed by atoms with van der Waals surface area (Å²) in [6, 6.07) is 9.52. The molecule has 0 aliphatic heterocycles. The first-order chi connectivity index (χ1) is 8.66. The fraction of sp³-hybridized carbons (Fsp3) is 0.154. The number of aromatic nitrogens is 2. The van der Waals surface area contributed by atoms with Crippen molar-refractivity contribution in [1.82, 2.24) is 9.97 Å². The van der Waals surface area contributed by atoms with Gasteiger partial charge in [-0.2, -0.15) is 5.10 Å². The van der Waals surface area contributed by atoms with Gasteiger partial charge in [-0.1, -0.05) is 18.2 Å². The van der Waals surface area contributed by atoms with E-state index in [1.165, 1.54) is 6.21 Å². The molecule has 1 aromatic heterocycles. The van der Waals surface area contributed by atoms with Crippen LogP contribution in [-0.4, -0.2) is 16.2 Å². The van der Waals surface area contributed by atoms with Crippen LogP contribution in [0.5, 0.6) is 0 Å². The lowest BCUT2D eigenvalue weighted by atomic mass is 10.2. The molecule has 0 atom stereocenters. The Morgan fingerprint density at radius 3 is 2.67 bits per heavy atom. The van der Waals surface area contributed by atoms with Crippen LogP contribution < -0.4 is 11.0 Å². The van der Waals surface area contributed by atoms with Crippen molar-refractivity contribution in [3.05, 3.63) is 57.8 Å². The molecule has 18 heavy (non-hydrogen) atoms. The second-order valence-electron chi connectivity index (χ2n) is 3.89. The van der Waals surface area contributed by atoms with Crippen LogP contribution in [0.1, 0.15) is 17.1 Å². The van der Waals surface area contributed by atoms with Gasteiger partial charge in [0.2, 0.25) is 0 Å². The smallest absolute Gasteiger partial charge is 0.260 e. The Labute approximate surface area is 105 Å². The molecule has 2 rings (SSSR count). The third-order valence-corrected chi connectivity index (χ3v) is 2.43. The molecule has 0 saturated carbocycles. The van der Waals surface area contributed by atoms with E-state index in [4.69, 9.17) is 0 Å². The molecule has 0 aliphatic rings. The highest BCUT2D eigenvalue weighted by Crippen LogP contribution is 2.04. The number of benzene rings is 1. The van der Waals surface area contributed by atoms with Gasteiger partial charge in [0.05, 0.1) is 23.2 Å². The highest BCUT2D eigenvalue weighted by Gasteiger charge is 2.03. The lowest BCUT2D eigenvalue weighted by Crippen LogP contribution is -2.17. The summed E-state index contributed by atoms with van der Waals surface area (Å²) < 4.78 is 0. The number of para-hydroxylation sites is 1. The highest BCUT2D eigenvalue weighted by atomic mass is 16.1. The topological polar surface area (TPSA) is 70.1 Å². The van der Waals surface area contributed by atoms with Crippen molar-refractivity contribution in [2.24, 2.45) is 5.10 Å². The van der Waals surface area contributed by atoms with Gasteiger partial charge < -0.3 is 4.98 Å². The summed E-state index contributed by atoms with van der Waals surface area (Å²) in [5.41, 5.74) is 4.66. The van der Waals surface area contributed by atoms with Crippen molar-refractivity contribution in [1.29, 1.82) is 0 Å². The van der Waals surface area contributed by atoms with Crippen LogP contribution in [0.2, 0.25) is 0 Å². The summed E-state index contributed by atoms with van der Waals surface area (Å²) in [5, 5.41) is 4.03. The molecule has 0 aliphatic carbocycles. The van der Waals surface area contributed by atoms with Crippen LogP contribution in [0.4, 0.5) is 5.69 Å². The van der Waals surface area contributed by atoms with Gasteiger partial charge in [0, 0.05) is 0 Å². The van der Waals surface area contributed by atoms with Gasteiger partial charge in [0.1, 0.15) is 5.82 Å². The van der Waals surface area contributed by atoms with E-state index in [0.717, 1.165) is 5.69 Å². The number of aromatic amines is 1. The van der Waals surface area contributed by atoms with Gasteiger partial charge in [-0.05, 0) is 26.0 Å². The zero-order chi connectivity index (χ0) is 13.0. The Hall–Kier alpha value is -2.43. The number of anilines is 1. The third kappa shape index (κ3) is 2.82. The number of hydrazone groups is 1. The maximum absolute atomic E-state index is 11.7. The summed E-state index contributed by atoms with van der Waals surface area (Å²) in [5.74, 6) is 0.602. The monoisotopic (exact) mass is 242 g/mol. The first kappa shape index (κ1) is 12.0. The normalized spacial score (nSPS) is 10.8. The maximum Gasteiger partial charge on any atom is 0.260 e. The Bertz CT molecular complexity index is 617. The van der Waals surface area contributed by atoms with Crippen molar-refractivity contribution in [3.8, 4) is 0 Å². The second-order valence-corrected chi connectivity index (χ2v) is 3.89. The van der Waals surface area contributed by atoms with E-state index < -0.39 is 0 Å². The van der Waals surface area contributed by atoms with E-state index in [1.807, 2.05) is 30.3 Å². The van der Waals surface area contributed by atoms with Crippen molar-refractivity contribution < 1.29 is 0 Å². The minimum Gasteiger partial charge on any atom is -0.310 e. The quantitative estimate of drug-likeness (QED) is 0.637. The van der Waals surface area contributed by atoms with Crippen molar-refractivity contribution in [2.75, 3.05) is 5.43 Å². The summed E-state index contributed by atoms with van der Waals surface area (Å²) in [7, 11) is 0. The molecule has 2 N–H and O–H groups in total. The Balaban J connectivity index is 2.18. The minimum absolute atomic E-state index is 0.182. The summed E-state index contributed by atoms with van der Waals surface area (Å²) in [4.78, 5) is 18.5. The predicted molar refractivity (Wildman–Crippen MR) is 72.0 cm³/mol. The standard InChI is InChI=1S/C13H14N4O/c1-9-12(13(18)16-10(2)15-9)8-14-17-11-6-4-3-5-7-11/h3-8,17H,1-2H3,(H,15,16,18). The lowest BCUT2D eigenvalue weighted by molar-refractivity contribution is 0.976. The Morgan fingerprint density at radius 2 is 2.00 bits per heavy atom. The number of aryl methyl sites for hydroxylation is 2. The van der Waals surface area contributed by atoms with Crippen molar-refractivity contribution >= 4 is 11.9 Å². The molecule has 92 valence electrons. The van der Waals surface area contributed by atoms with Gasteiger partial charge in [-0.3, -0.25) is 10.2 Å². The zero-order valence-corrected chi connectivity index (χ0v) is 10.3. The van der Waals surface area contributed by atoms with Gasteiger partial charge in [0.25, 0.3) is 5.56 Å². The van der Waals surface area contributed by atoms with E-state index in [1.54, 1.807) is 13.8 Å². The molecule has 5 nitrogen and oxygen atoms in total. The van der Waals surface area contributed by atoms with Gasteiger partial charge in [-0.25, -0.2) is 4.98 Å². The average Bonchev–Trinajstić information content (AvgIpc) is 2.34. The number of hydrogen-bond donors (Lipinski definition) is 2. The van der Waals surface area contributed by atoms with Crippen molar-refractivity contribution in [3.63, 3.8) is 0 Å². The molecule has 1 aromatic carbocycles. The average molecular weight is 242 g/mol. The summed E-state index contributed by atoms with van der Waals surface area (Å²) in [6.07, 6.45) is 1.48. The number of H-pyrrole nitrogens is 1. The molecule has 1 heterocycles. The maximum atomic E-state index is 11.7. The lowest BCUT2D eigenvalue weighted by Gasteiger charge is -2.01. The highest BCUT2D eigenvalue weighted by molar-refractivity contribution is 5.80. The molecular weight excluding hydrogens is 228 g/mol. The SMILES string of the molecule is Cc1nc(C)c(C=NNc2ccccc2)c(=O)[nH]1. The predicted octanol–water partition coefficient (Wildman–Crippen LogP) is 1.83. The number of nitrogens with one attached hydrogen (secondary N) is 2. The number of rotatable bonds is 3. The number of nitrogens with zero attached hydrogens (tertiary/aromatic N) is 2. The first-order valence-electron chi connectivity index (χ1n) is 5.58. The molecule has 5 heteroatoms. The first-order valence-corrected chi connectivity index (χ1v) is 5.58. The van der Waals surface area contributed by atoms with E-state index >= 15 is 0 Å². The van der Waals surface area contributed by atoms with E-state index in [2.05, 4.69) is 20.5 Å².